The number of nitrogens with zero attached hydrogens (tertiary/aromatic N) is 1. The van der Waals surface area contributed by atoms with Crippen molar-refractivity contribution >= 4 is 54.1 Å². The lowest BCUT2D eigenvalue weighted by molar-refractivity contribution is -0.123. The van der Waals surface area contributed by atoms with Crippen LogP contribution >= 0.6 is 36.6 Å². The molecule has 1 aromatic rings. The highest BCUT2D eigenvalue weighted by molar-refractivity contribution is 7.99. The lowest BCUT2D eigenvalue weighted by Crippen LogP contribution is -2.36. The van der Waals surface area contributed by atoms with Crippen LogP contribution in [-0.2, 0) is 16.1 Å². The normalized spacial score (nSPS) is 14.0. The minimum atomic E-state index is -0.341. The van der Waals surface area contributed by atoms with E-state index >= 15 is 0 Å². The number of amides is 2. The van der Waals surface area contributed by atoms with Gasteiger partial charge in [-0.05, 0) is 17.7 Å². The first-order chi connectivity index (χ1) is 10.7. The van der Waals surface area contributed by atoms with E-state index in [0.29, 0.717) is 0 Å². The van der Waals surface area contributed by atoms with Crippen molar-refractivity contribution in [2.24, 2.45) is 5.73 Å². The maximum atomic E-state index is 11.8. The van der Waals surface area contributed by atoms with Crippen molar-refractivity contribution in [2.45, 2.75) is 6.54 Å². The summed E-state index contributed by atoms with van der Waals surface area (Å²) < 4.78 is 0. The number of nitrogens with one attached hydrogen (secondary N) is 2. The van der Waals surface area contributed by atoms with Crippen molar-refractivity contribution in [2.75, 3.05) is 43.0 Å². The second kappa shape index (κ2) is 12.4. The summed E-state index contributed by atoms with van der Waals surface area (Å²) in [6.45, 7) is 2.92. The van der Waals surface area contributed by atoms with Gasteiger partial charge in [-0.25, -0.2) is 0 Å². The van der Waals surface area contributed by atoms with Crippen LogP contribution < -0.4 is 16.4 Å². The van der Waals surface area contributed by atoms with Gasteiger partial charge < -0.3 is 16.4 Å². The Kier molecular flexibility index (Phi) is 11.9. The molecule has 9 heteroatoms. The molecule has 1 heterocycles. The summed E-state index contributed by atoms with van der Waals surface area (Å²) in [5.74, 6) is 1.76. The maximum absolute atomic E-state index is 11.8. The van der Waals surface area contributed by atoms with Gasteiger partial charge in [0.1, 0.15) is 0 Å². The Hall–Kier alpha value is -0.990. The molecule has 0 aromatic heterocycles. The summed E-state index contributed by atoms with van der Waals surface area (Å²) in [6.07, 6.45) is 0. The Balaban J connectivity index is 0.00000264. The number of halogens is 2. The number of thioether (sulfide) groups is 1. The van der Waals surface area contributed by atoms with Crippen LogP contribution in [0.15, 0.2) is 24.3 Å². The van der Waals surface area contributed by atoms with Gasteiger partial charge >= 0.3 is 0 Å². The predicted octanol–water partition coefficient (Wildman–Crippen LogP) is 1.09. The Labute approximate surface area is 159 Å². The molecule has 1 fully saturated rings. The number of benzene rings is 1. The lowest BCUT2D eigenvalue weighted by Gasteiger charge is -2.26. The van der Waals surface area contributed by atoms with Crippen LogP contribution in [0.1, 0.15) is 5.56 Å². The molecule has 0 bridgehead atoms. The van der Waals surface area contributed by atoms with Gasteiger partial charge in [0.15, 0.2) is 0 Å². The van der Waals surface area contributed by atoms with Gasteiger partial charge in [0.05, 0.1) is 13.1 Å². The minimum absolute atomic E-state index is 0. The summed E-state index contributed by atoms with van der Waals surface area (Å²) in [5.41, 5.74) is 7.09. The molecule has 24 heavy (non-hydrogen) atoms. The van der Waals surface area contributed by atoms with E-state index < -0.39 is 0 Å². The summed E-state index contributed by atoms with van der Waals surface area (Å²) in [6, 6.07) is 7.82. The molecule has 2 rings (SSSR count). The van der Waals surface area contributed by atoms with Gasteiger partial charge in [-0.15, -0.1) is 24.8 Å². The molecule has 0 spiro atoms. The zero-order valence-corrected chi connectivity index (χ0v) is 15.8. The Morgan fingerprint density at radius 3 is 2.54 bits per heavy atom. The third-order valence-electron chi connectivity index (χ3n) is 3.35. The van der Waals surface area contributed by atoms with E-state index in [1.54, 1.807) is 0 Å². The highest BCUT2D eigenvalue weighted by Gasteiger charge is 2.11. The zero-order valence-electron chi connectivity index (χ0n) is 13.3. The zero-order chi connectivity index (χ0) is 15.8. The fraction of sp³-hybridized carbons (Fsp3) is 0.467. The smallest absolute Gasteiger partial charge is 0.243 e. The van der Waals surface area contributed by atoms with E-state index in [1.165, 1.54) is 17.1 Å². The number of rotatable bonds is 6. The molecule has 0 atom stereocenters. The number of carbonyl (C=O) groups excluding carboxylic acids is 2. The summed E-state index contributed by atoms with van der Waals surface area (Å²) in [7, 11) is 0. The average Bonchev–Trinajstić information content (AvgIpc) is 2.54. The Morgan fingerprint density at radius 2 is 1.88 bits per heavy atom. The molecule has 0 aliphatic carbocycles. The summed E-state index contributed by atoms with van der Waals surface area (Å²) >= 11 is 1.99. The molecular formula is C15H24Cl2N4O2S. The maximum Gasteiger partial charge on any atom is 0.243 e. The second-order valence-corrected chi connectivity index (χ2v) is 6.34. The van der Waals surface area contributed by atoms with E-state index in [1.807, 2.05) is 30.0 Å². The molecule has 136 valence electrons. The average molecular weight is 395 g/mol. The van der Waals surface area contributed by atoms with Crippen LogP contribution in [0.4, 0.5) is 5.69 Å². The van der Waals surface area contributed by atoms with E-state index in [-0.39, 0.29) is 49.7 Å². The number of hydrogen-bond donors (Lipinski definition) is 3. The quantitative estimate of drug-likeness (QED) is 0.671. The Bertz CT molecular complexity index is 528. The predicted molar refractivity (Wildman–Crippen MR) is 104 cm³/mol. The van der Waals surface area contributed by atoms with E-state index in [0.717, 1.165) is 25.3 Å². The molecule has 6 nitrogen and oxygen atoms in total. The molecular weight excluding hydrogens is 371 g/mol. The first-order valence-corrected chi connectivity index (χ1v) is 8.48. The van der Waals surface area contributed by atoms with Gasteiger partial charge in [0.2, 0.25) is 11.8 Å². The molecule has 4 N–H and O–H groups in total. The topological polar surface area (TPSA) is 87.5 Å². The largest absolute Gasteiger partial charge is 0.346 e. The monoisotopic (exact) mass is 394 g/mol. The van der Waals surface area contributed by atoms with E-state index in [2.05, 4.69) is 21.6 Å². The van der Waals surface area contributed by atoms with Crippen LogP contribution in [0.25, 0.3) is 0 Å². The van der Waals surface area contributed by atoms with Crippen LogP contribution in [0, 0.1) is 0 Å². The first kappa shape index (κ1) is 23.0. The second-order valence-electron chi connectivity index (χ2n) is 5.12. The van der Waals surface area contributed by atoms with Crippen LogP contribution in [-0.4, -0.2) is 54.4 Å². The first-order valence-electron chi connectivity index (χ1n) is 7.33. The highest BCUT2D eigenvalue weighted by Crippen LogP contribution is 2.16. The Morgan fingerprint density at radius 1 is 1.17 bits per heavy atom. The van der Waals surface area contributed by atoms with E-state index in [4.69, 9.17) is 5.73 Å². The fourth-order valence-corrected chi connectivity index (χ4v) is 3.20. The third kappa shape index (κ3) is 8.21. The molecule has 0 unspecified atom stereocenters. The van der Waals surface area contributed by atoms with Gasteiger partial charge in [-0.3, -0.25) is 14.5 Å². The molecule has 0 saturated carbocycles. The van der Waals surface area contributed by atoms with Gasteiger partial charge in [0, 0.05) is 36.8 Å². The molecule has 1 aromatic carbocycles. The highest BCUT2D eigenvalue weighted by atomic mass is 35.5. The summed E-state index contributed by atoms with van der Waals surface area (Å²) in [5, 5.41) is 5.23. The molecule has 2 amide bonds. The SMILES string of the molecule is Cl.Cl.NCC(=O)NCC(=O)Nc1cccc(CN2CCSCC2)c1. The minimum Gasteiger partial charge on any atom is -0.346 e. The number of hydrogen-bond acceptors (Lipinski definition) is 5. The van der Waals surface area contributed by atoms with Crippen LogP contribution in [0.3, 0.4) is 0 Å². The van der Waals surface area contributed by atoms with Crippen molar-refractivity contribution in [1.29, 1.82) is 0 Å². The standard InChI is InChI=1S/C15H22N4O2S.2ClH/c16-9-14(20)17-10-15(21)18-13-3-1-2-12(8-13)11-19-4-6-22-7-5-19;;/h1-3,8H,4-7,9-11,16H2,(H,17,20)(H,18,21);2*1H. The fourth-order valence-electron chi connectivity index (χ4n) is 2.22. The van der Waals surface area contributed by atoms with Gasteiger partial charge in [-0.2, -0.15) is 11.8 Å². The van der Waals surface area contributed by atoms with Crippen molar-refractivity contribution in [3.05, 3.63) is 29.8 Å². The number of nitrogens with two attached hydrogens (primary N) is 1. The molecule has 1 saturated heterocycles. The number of anilines is 1. The van der Waals surface area contributed by atoms with Gasteiger partial charge in [-0.1, -0.05) is 12.1 Å². The van der Waals surface area contributed by atoms with Crippen molar-refractivity contribution < 1.29 is 9.59 Å². The number of carbonyl (C=O) groups is 2. The lowest BCUT2D eigenvalue weighted by atomic mass is 10.2. The van der Waals surface area contributed by atoms with Crippen LogP contribution in [0.5, 0.6) is 0 Å². The summed E-state index contributed by atoms with van der Waals surface area (Å²) in [4.78, 5) is 25.2. The third-order valence-corrected chi connectivity index (χ3v) is 4.29. The van der Waals surface area contributed by atoms with Crippen molar-refractivity contribution in [3.8, 4) is 0 Å². The molecule has 0 radical (unpaired) electrons. The van der Waals surface area contributed by atoms with E-state index in [9.17, 15) is 9.59 Å². The van der Waals surface area contributed by atoms with Crippen molar-refractivity contribution in [3.63, 3.8) is 0 Å². The molecule has 1 aliphatic heterocycles. The molecule has 1 aliphatic rings. The van der Waals surface area contributed by atoms with Crippen LogP contribution in [0.2, 0.25) is 0 Å². The van der Waals surface area contributed by atoms with Crippen molar-refractivity contribution in [1.82, 2.24) is 10.2 Å². The van der Waals surface area contributed by atoms with Gasteiger partial charge in [0.25, 0.3) is 0 Å².